The molecule has 0 unspecified atom stereocenters. The van der Waals surface area contributed by atoms with Gasteiger partial charge in [-0.05, 0) is 97.1 Å². The number of rotatable bonds is 11. The Morgan fingerprint density at radius 2 is 0.420 bits per heavy atom. The predicted molar refractivity (Wildman–Crippen MR) is 406 cm³/mol. The van der Waals surface area contributed by atoms with E-state index in [9.17, 15) is 0 Å². The molecule has 7 aromatic heterocycles. The summed E-state index contributed by atoms with van der Waals surface area (Å²) in [6.07, 6.45) is 0. The van der Waals surface area contributed by atoms with Crippen molar-refractivity contribution in [2.24, 2.45) is 0 Å². The lowest BCUT2D eigenvalue weighted by atomic mass is 10.1. The number of hydrogen-bond donors (Lipinski definition) is 0. The highest BCUT2D eigenvalue weighted by Gasteiger charge is 2.24. The molecule has 0 aliphatic carbocycles. The number of fused-ring (bicyclic) bond motifs is 12. The van der Waals surface area contributed by atoms with Gasteiger partial charge >= 0.3 is 0 Å². The smallest absolute Gasteiger partial charge is 0.164 e. The standard InChI is InChI=1S/C89H55N11/c1-6-24-56(25-7-1)73-54-83(92-85(90-73)58-28-10-3-11-29-58)99-79-46-42-61(50-69(79)71-52-63(44-48-81(71)99)97-75-38-20-16-34-65(75)66-35-17-21-39-76(66)97)88-94-87(60-32-14-5-15-33-60)95-89(96-88)62-43-47-80-70(51-62)72-53-64(98-77-40-22-18-36-67(77)68-37-19-23-41-78(68)98)45-49-82(72)100(80)84-55-74(57-26-8-2-9-27-57)91-86(93-84)59-30-12-4-13-31-59/h1-55H. The van der Waals surface area contributed by atoms with Crippen LogP contribution in [0, 0.1) is 0 Å². The number of benzene rings is 13. The van der Waals surface area contributed by atoms with Crippen LogP contribution in [0.3, 0.4) is 0 Å². The van der Waals surface area contributed by atoms with Gasteiger partial charge in [-0.2, -0.15) is 0 Å². The first kappa shape index (κ1) is 56.6. The van der Waals surface area contributed by atoms with Gasteiger partial charge in [-0.25, -0.2) is 34.9 Å². The number of hydrogen-bond acceptors (Lipinski definition) is 7. The van der Waals surface area contributed by atoms with Gasteiger partial charge in [0.05, 0.1) is 55.5 Å². The fourth-order valence-electron chi connectivity index (χ4n) is 14.9. The van der Waals surface area contributed by atoms with Crippen molar-refractivity contribution in [3.63, 3.8) is 0 Å². The Labute approximate surface area is 573 Å². The van der Waals surface area contributed by atoms with E-state index in [1.807, 2.05) is 66.7 Å². The highest BCUT2D eigenvalue weighted by atomic mass is 15.1. The maximum atomic E-state index is 5.55. The third kappa shape index (κ3) is 9.32. The lowest BCUT2D eigenvalue weighted by Gasteiger charge is -2.13. The summed E-state index contributed by atoms with van der Waals surface area (Å²) in [5.74, 6) is 4.36. The minimum atomic E-state index is 0.531. The Kier molecular flexibility index (Phi) is 13.0. The second kappa shape index (κ2) is 23.0. The molecule has 20 rings (SSSR count). The second-order valence-electron chi connectivity index (χ2n) is 25.3. The summed E-state index contributed by atoms with van der Waals surface area (Å²) in [6.45, 7) is 0. The summed E-state index contributed by atoms with van der Waals surface area (Å²) < 4.78 is 9.32. The molecule has 0 radical (unpaired) electrons. The Bertz CT molecular complexity index is 6030. The highest BCUT2D eigenvalue weighted by Crippen LogP contribution is 2.43. The molecular weight excluding hydrogens is 1220 g/mol. The molecule has 100 heavy (non-hydrogen) atoms. The summed E-state index contributed by atoms with van der Waals surface area (Å²) in [4.78, 5) is 37.7. The van der Waals surface area contributed by atoms with Crippen molar-refractivity contribution in [3.05, 3.63) is 334 Å². The number of nitrogens with zero attached hydrogens (tertiary/aromatic N) is 11. The molecule has 0 amide bonds. The van der Waals surface area contributed by atoms with Gasteiger partial charge < -0.3 is 9.13 Å². The Balaban J connectivity index is 0.814. The molecule has 20 aromatic rings. The van der Waals surface area contributed by atoms with E-state index in [-0.39, 0.29) is 0 Å². The van der Waals surface area contributed by atoms with E-state index in [0.29, 0.717) is 29.1 Å². The summed E-state index contributed by atoms with van der Waals surface area (Å²) in [5, 5.41) is 8.85. The van der Waals surface area contributed by atoms with Gasteiger partial charge in [-0.3, -0.25) is 9.13 Å². The van der Waals surface area contributed by atoms with Crippen LogP contribution in [0.1, 0.15) is 0 Å². The van der Waals surface area contributed by atoms with Gasteiger partial charge in [0.15, 0.2) is 29.1 Å². The van der Waals surface area contributed by atoms with E-state index in [1.165, 1.54) is 21.5 Å². The number of para-hydroxylation sites is 4. The Morgan fingerprint density at radius 3 is 0.760 bits per heavy atom. The van der Waals surface area contributed by atoms with Crippen molar-refractivity contribution in [2.75, 3.05) is 0 Å². The van der Waals surface area contributed by atoms with Crippen LogP contribution in [0.25, 0.3) is 190 Å². The Morgan fingerprint density at radius 1 is 0.160 bits per heavy atom. The largest absolute Gasteiger partial charge is 0.309 e. The van der Waals surface area contributed by atoms with Crippen LogP contribution in [0.5, 0.6) is 0 Å². The van der Waals surface area contributed by atoms with Gasteiger partial charge in [0.2, 0.25) is 0 Å². The number of aromatic nitrogens is 11. The molecular formula is C89H55N11. The molecule has 0 saturated carbocycles. The van der Waals surface area contributed by atoms with Crippen molar-refractivity contribution in [2.45, 2.75) is 0 Å². The molecule has 13 aromatic carbocycles. The fourth-order valence-corrected chi connectivity index (χ4v) is 14.9. The molecule has 0 N–H and O–H groups in total. The van der Waals surface area contributed by atoms with Crippen LogP contribution < -0.4 is 0 Å². The van der Waals surface area contributed by atoms with Crippen molar-refractivity contribution in [1.82, 2.24) is 53.2 Å². The van der Waals surface area contributed by atoms with E-state index in [2.05, 4.69) is 285 Å². The molecule has 11 heteroatoms. The molecule has 11 nitrogen and oxygen atoms in total. The van der Waals surface area contributed by atoms with Crippen LogP contribution in [-0.4, -0.2) is 53.2 Å². The van der Waals surface area contributed by atoms with Crippen molar-refractivity contribution >= 4 is 87.2 Å². The maximum Gasteiger partial charge on any atom is 0.164 e. The molecule has 0 fully saturated rings. The molecule has 0 aliphatic heterocycles. The van der Waals surface area contributed by atoms with Gasteiger partial charge in [0.1, 0.15) is 11.6 Å². The summed E-state index contributed by atoms with van der Waals surface area (Å²) in [5.41, 5.74) is 18.5. The molecule has 0 saturated heterocycles. The molecule has 466 valence electrons. The van der Waals surface area contributed by atoms with Crippen LogP contribution in [-0.2, 0) is 0 Å². The average Bonchev–Trinajstić information content (AvgIpc) is 1.58. The first-order valence-electron chi connectivity index (χ1n) is 33.5. The normalized spacial score (nSPS) is 11.8. The summed E-state index contributed by atoms with van der Waals surface area (Å²) in [6, 6.07) is 117. The van der Waals surface area contributed by atoms with E-state index < -0.39 is 0 Å². The van der Waals surface area contributed by atoms with Crippen LogP contribution in [0.15, 0.2) is 334 Å². The third-order valence-electron chi connectivity index (χ3n) is 19.4. The van der Waals surface area contributed by atoms with Crippen molar-refractivity contribution < 1.29 is 0 Å². The van der Waals surface area contributed by atoms with Gasteiger partial charge in [0.25, 0.3) is 0 Å². The monoisotopic (exact) mass is 1280 g/mol. The van der Waals surface area contributed by atoms with E-state index in [1.54, 1.807) is 0 Å². The van der Waals surface area contributed by atoms with E-state index in [4.69, 9.17) is 34.9 Å². The topological polar surface area (TPSA) is 110 Å². The maximum absolute atomic E-state index is 5.55. The van der Waals surface area contributed by atoms with E-state index in [0.717, 1.165) is 139 Å². The van der Waals surface area contributed by atoms with Crippen molar-refractivity contribution in [3.8, 4) is 102 Å². The second-order valence-corrected chi connectivity index (χ2v) is 25.3. The lowest BCUT2D eigenvalue weighted by Crippen LogP contribution is -2.03. The van der Waals surface area contributed by atoms with Crippen LogP contribution in [0.2, 0.25) is 0 Å². The molecule has 7 heterocycles. The minimum absolute atomic E-state index is 0.531. The average molecular weight is 1280 g/mol. The SMILES string of the molecule is c1ccc(-c2cc(-n3c4ccc(-c5nc(-c6ccccc6)nc(-c6ccc7c(c6)c6cc(-n8c9ccccc9c9ccccc98)ccc6n7-c6cc(-c7ccccc7)nc(-c7ccccc7)n6)n5)cc4c4cc(-n5c6ccccc6c6ccccc65)ccc43)nc(-c3ccccc3)n2)cc1. The molecule has 0 spiro atoms. The first-order chi connectivity index (χ1) is 49.6. The minimum Gasteiger partial charge on any atom is -0.309 e. The summed E-state index contributed by atoms with van der Waals surface area (Å²) in [7, 11) is 0. The highest BCUT2D eigenvalue weighted by molar-refractivity contribution is 6.15. The predicted octanol–water partition coefficient (Wildman–Crippen LogP) is 21.5. The zero-order chi connectivity index (χ0) is 65.8. The zero-order valence-electron chi connectivity index (χ0n) is 53.7. The van der Waals surface area contributed by atoms with Gasteiger partial charge in [-0.1, -0.05) is 224 Å². The van der Waals surface area contributed by atoms with Crippen LogP contribution >= 0.6 is 0 Å². The molecule has 0 aliphatic rings. The Hall–Kier alpha value is -13.8. The fraction of sp³-hybridized carbons (Fsp3) is 0. The lowest BCUT2D eigenvalue weighted by molar-refractivity contribution is 1.05. The van der Waals surface area contributed by atoms with E-state index >= 15 is 0 Å². The van der Waals surface area contributed by atoms with Gasteiger partial charge in [0, 0.05) is 106 Å². The van der Waals surface area contributed by atoms with Crippen molar-refractivity contribution in [1.29, 1.82) is 0 Å². The zero-order valence-corrected chi connectivity index (χ0v) is 53.7. The van der Waals surface area contributed by atoms with Crippen LogP contribution in [0.4, 0.5) is 0 Å². The summed E-state index contributed by atoms with van der Waals surface area (Å²) >= 11 is 0. The molecule has 0 atom stereocenters. The van der Waals surface area contributed by atoms with Gasteiger partial charge in [-0.15, -0.1) is 0 Å². The quantitative estimate of drug-likeness (QED) is 0.127. The third-order valence-corrected chi connectivity index (χ3v) is 19.4. The molecule has 0 bridgehead atoms. The first-order valence-corrected chi connectivity index (χ1v) is 33.5.